The molecule has 1 fully saturated rings. The van der Waals surface area contributed by atoms with Gasteiger partial charge in [0.1, 0.15) is 5.52 Å². The fraction of sp³-hybridized carbons (Fsp3) is 0.696. The second-order valence-corrected chi connectivity index (χ2v) is 8.12. The lowest BCUT2D eigenvalue weighted by Gasteiger charge is -2.22. The predicted molar refractivity (Wildman–Crippen MR) is 114 cm³/mol. The van der Waals surface area contributed by atoms with E-state index < -0.39 is 0 Å². The van der Waals surface area contributed by atoms with Crippen LogP contribution in [0.1, 0.15) is 76.7 Å². The molecule has 0 spiro atoms. The summed E-state index contributed by atoms with van der Waals surface area (Å²) in [6.45, 7) is 5.49. The Kier molecular flexibility index (Phi) is 8.47. The normalized spacial score (nSPS) is 15.4. The summed E-state index contributed by atoms with van der Waals surface area (Å²) in [5.41, 5.74) is 3.26. The molecule has 1 aliphatic rings. The first-order valence-corrected chi connectivity index (χ1v) is 11.2. The Morgan fingerprint density at radius 3 is 2.56 bits per heavy atom. The van der Waals surface area contributed by atoms with Gasteiger partial charge in [0.25, 0.3) is 6.01 Å². The number of rotatable bonds is 12. The van der Waals surface area contributed by atoms with Crippen molar-refractivity contribution in [3.63, 3.8) is 0 Å². The molecule has 1 aliphatic heterocycles. The van der Waals surface area contributed by atoms with Gasteiger partial charge in [0.05, 0.1) is 0 Å². The minimum absolute atomic E-state index is 0.674. The molecule has 0 radical (unpaired) electrons. The maximum Gasteiger partial charge on any atom is 0.295 e. The van der Waals surface area contributed by atoms with Gasteiger partial charge in [-0.15, -0.1) is 0 Å². The van der Waals surface area contributed by atoms with E-state index >= 15 is 0 Å². The molecule has 4 heteroatoms. The van der Waals surface area contributed by atoms with Crippen molar-refractivity contribution in [2.75, 3.05) is 25.0 Å². The minimum atomic E-state index is 0.674. The number of piperidine rings is 1. The van der Waals surface area contributed by atoms with Crippen LogP contribution in [0.2, 0.25) is 0 Å². The van der Waals surface area contributed by atoms with Gasteiger partial charge in [0.2, 0.25) is 0 Å². The lowest BCUT2D eigenvalue weighted by Crippen LogP contribution is -2.31. The van der Waals surface area contributed by atoms with Crippen LogP contribution in [0.5, 0.6) is 0 Å². The zero-order valence-corrected chi connectivity index (χ0v) is 17.1. The van der Waals surface area contributed by atoms with Crippen LogP contribution in [0.3, 0.4) is 0 Å². The van der Waals surface area contributed by atoms with Crippen LogP contribution in [0, 0.1) is 5.92 Å². The highest BCUT2D eigenvalue weighted by molar-refractivity contribution is 5.75. The number of nitrogens with one attached hydrogen (secondary N) is 2. The Balaban J connectivity index is 1.39. The van der Waals surface area contributed by atoms with Gasteiger partial charge in [-0.05, 0) is 62.4 Å². The molecule has 0 unspecified atom stereocenters. The van der Waals surface area contributed by atoms with Crippen LogP contribution in [0.4, 0.5) is 6.01 Å². The van der Waals surface area contributed by atoms with Crippen molar-refractivity contribution >= 4 is 17.1 Å². The lowest BCUT2D eigenvalue weighted by atomic mass is 9.98. The molecule has 27 heavy (non-hydrogen) atoms. The smallest absolute Gasteiger partial charge is 0.295 e. The van der Waals surface area contributed by atoms with Crippen LogP contribution >= 0.6 is 0 Å². The molecule has 0 atom stereocenters. The molecular weight excluding hydrogens is 334 g/mol. The van der Waals surface area contributed by atoms with E-state index in [9.17, 15) is 0 Å². The maximum absolute atomic E-state index is 5.87. The van der Waals surface area contributed by atoms with E-state index in [1.54, 1.807) is 0 Å². The van der Waals surface area contributed by atoms with Gasteiger partial charge in [0, 0.05) is 6.54 Å². The van der Waals surface area contributed by atoms with Crippen LogP contribution in [-0.4, -0.2) is 24.6 Å². The Morgan fingerprint density at radius 1 is 1.04 bits per heavy atom. The fourth-order valence-corrected chi connectivity index (χ4v) is 3.98. The van der Waals surface area contributed by atoms with Crippen molar-refractivity contribution < 1.29 is 4.42 Å². The molecular formula is C23H37N3O. The van der Waals surface area contributed by atoms with Gasteiger partial charge in [0.15, 0.2) is 5.58 Å². The molecule has 0 amide bonds. The van der Waals surface area contributed by atoms with E-state index in [1.807, 2.05) is 0 Å². The molecule has 0 bridgehead atoms. The summed E-state index contributed by atoms with van der Waals surface area (Å²) in [6, 6.07) is 7.16. The summed E-state index contributed by atoms with van der Waals surface area (Å²) in [5, 5.41) is 6.81. The summed E-state index contributed by atoms with van der Waals surface area (Å²) in [7, 11) is 0. The number of hydrogen-bond acceptors (Lipinski definition) is 4. The molecule has 0 saturated carbocycles. The SMILES string of the molecule is CCCCCCCCCCc1ccc2oc(NCC3CCNCC3)nc2c1. The zero-order valence-electron chi connectivity index (χ0n) is 17.1. The molecule has 1 aromatic carbocycles. The van der Waals surface area contributed by atoms with Crippen LogP contribution in [0.15, 0.2) is 22.6 Å². The zero-order chi connectivity index (χ0) is 18.7. The monoisotopic (exact) mass is 371 g/mol. The lowest BCUT2D eigenvalue weighted by molar-refractivity contribution is 0.387. The van der Waals surface area contributed by atoms with Crippen molar-refractivity contribution in [2.24, 2.45) is 5.92 Å². The van der Waals surface area contributed by atoms with Gasteiger partial charge in [-0.2, -0.15) is 4.98 Å². The second kappa shape index (κ2) is 11.3. The van der Waals surface area contributed by atoms with Crippen molar-refractivity contribution in [1.29, 1.82) is 0 Å². The standard InChI is InChI=1S/C23H37N3O/c1-2-3-4-5-6-7-8-9-10-19-11-12-22-21(17-19)26-23(27-22)25-18-20-13-15-24-16-14-20/h11-12,17,20,24H,2-10,13-16,18H2,1H3,(H,25,26). The number of hydrogen-bond donors (Lipinski definition) is 2. The number of oxazole rings is 1. The summed E-state index contributed by atoms with van der Waals surface area (Å²) >= 11 is 0. The first-order chi connectivity index (χ1) is 13.3. The molecule has 1 aromatic heterocycles. The molecule has 1 saturated heterocycles. The topological polar surface area (TPSA) is 50.1 Å². The van der Waals surface area contributed by atoms with E-state index in [0.717, 1.165) is 43.1 Å². The van der Waals surface area contributed by atoms with E-state index in [-0.39, 0.29) is 0 Å². The largest absolute Gasteiger partial charge is 0.424 e. The molecule has 2 heterocycles. The summed E-state index contributed by atoms with van der Waals surface area (Å²) in [4.78, 5) is 4.65. The number of anilines is 1. The average molecular weight is 372 g/mol. The number of nitrogens with zero attached hydrogens (tertiary/aromatic N) is 1. The first kappa shape index (κ1) is 20.2. The molecule has 2 aromatic rings. The Labute approximate surface area is 164 Å². The predicted octanol–water partition coefficient (Wildman–Crippen LogP) is 5.92. The first-order valence-electron chi connectivity index (χ1n) is 11.2. The third kappa shape index (κ3) is 6.84. The minimum Gasteiger partial charge on any atom is -0.424 e. The van der Waals surface area contributed by atoms with Crippen molar-refractivity contribution in [3.05, 3.63) is 23.8 Å². The van der Waals surface area contributed by atoms with Gasteiger partial charge < -0.3 is 15.1 Å². The number of aryl methyl sites for hydroxylation is 1. The van der Waals surface area contributed by atoms with Crippen molar-refractivity contribution in [1.82, 2.24) is 10.3 Å². The number of fused-ring (bicyclic) bond motifs is 1. The Hall–Kier alpha value is -1.55. The third-order valence-electron chi connectivity index (χ3n) is 5.77. The Bertz CT molecular complexity index is 661. The molecule has 3 rings (SSSR count). The third-order valence-corrected chi connectivity index (χ3v) is 5.77. The fourth-order valence-electron chi connectivity index (χ4n) is 3.98. The number of unbranched alkanes of at least 4 members (excludes halogenated alkanes) is 7. The molecule has 0 aliphatic carbocycles. The summed E-state index contributed by atoms with van der Waals surface area (Å²) in [6.07, 6.45) is 14.5. The summed E-state index contributed by atoms with van der Waals surface area (Å²) < 4.78 is 5.87. The highest BCUT2D eigenvalue weighted by atomic mass is 16.4. The van der Waals surface area contributed by atoms with Gasteiger partial charge >= 0.3 is 0 Å². The molecule has 2 N–H and O–H groups in total. The molecule has 4 nitrogen and oxygen atoms in total. The van der Waals surface area contributed by atoms with Gasteiger partial charge in [-0.3, -0.25) is 0 Å². The molecule has 150 valence electrons. The van der Waals surface area contributed by atoms with Gasteiger partial charge in [-0.25, -0.2) is 0 Å². The van der Waals surface area contributed by atoms with E-state index in [1.165, 1.54) is 69.8 Å². The van der Waals surface area contributed by atoms with E-state index in [2.05, 4.69) is 40.7 Å². The highest BCUT2D eigenvalue weighted by Gasteiger charge is 2.14. The maximum atomic E-state index is 5.87. The van der Waals surface area contributed by atoms with Crippen LogP contribution < -0.4 is 10.6 Å². The average Bonchev–Trinajstić information content (AvgIpc) is 3.11. The Morgan fingerprint density at radius 2 is 1.78 bits per heavy atom. The second-order valence-electron chi connectivity index (χ2n) is 8.12. The number of benzene rings is 1. The van der Waals surface area contributed by atoms with Crippen LogP contribution in [0.25, 0.3) is 11.1 Å². The summed E-state index contributed by atoms with van der Waals surface area (Å²) in [5.74, 6) is 0.721. The highest BCUT2D eigenvalue weighted by Crippen LogP contribution is 2.22. The van der Waals surface area contributed by atoms with Crippen molar-refractivity contribution in [2.45, 2.75) is 77.6 Å². The number of aromatic nitrogens is 1. The van der Waals surface area contributed by atoms with Crippen molar-refractivity contribution in [3.8, 4) is 0 Å². The van der Waals surface area contributed by atoms with E-state index in [0.29, 0.717) is 6.01 Å². The van der Waals surface area contributed by atoms with E-state index in [4.69, 9.17) is 4.42 Å². The quantitative estimate of drug-likeness (QED) is 0.455. The van der Waals surface area contributed by atoms with Crippen LogP contribution in [-0.2, 0) is 6.42 Å². The van der Waals surface area contributed by atoms with Gasteiger partial charge in [-0.1, -0.05) is 57.9 Å².